The Hall–Kier alpha value is -2.76. The number of hydrogen-bond donors (Lipinski definition) is 0. The zero-order chi connectivity index (χ0) is 17.4. The maximum absolute atomic E-state index is 14.0. The normalized spacial score (nSPS) is 14.2. The molecule has 0 unspecified atom stereocenters. The smallest absolute Gasteiger partial charge is 0.193 e. The second-order valence-corrected chi connectivity index (χ2v) is 5.39. The molecule has 1 aliphatic carbocycles. The Kier molecular flexibility index (Phi) is 4.05. The van der Waals surface area contributed by atoms with Crippen molar-refractivity contribution >= 4 is 11.6 Å². The minimum Gasteiger partial charge on any atom is -0.289 e. The Bertz CT molecular complexity index is 886. The summed E-state index contributed by atoms with van der Waals surface area (Å²) in [6, 6.07) is 4.21. The molecule has 0 radical (unpaired) electrons. The van der Waals surface area contributed by atoms with E-state index in [9.17, 15) is 22.8 Å². The van der Waals surface area contributed by atoms with Crippen molar-refractivity contribution in [3.63, 3.8) is 0 Å². The number of Topliss-reactive ketones (excluding diaryl/α,β-unsaturated/α-hetero) is 2. The number of carbonyl (C=O) groups is 2. The van der Waals surface area contributed by atoms with E-state index in [2.05, 4.69) is 4.98 Å². The lowest BCUT2D eigenvalue weighted by atomic mass is 9.80. The fourth-order valence-corrected chi connectivity index (χ4v) is 2.82. The fourth-order valence-electron chi connectivity index (χ4n) is 2.82. The van der Waals surface area contributed by atoms with Gasteiger partial charge in [-0.25, -0.2) is 13.2 Å². The summed E-state index contributed by atoms with van der Waals surface area (Å²) >= 11 is 0. The summed E-state index contributed by atoms with van der Waals surface area (Å²) in [5.41, 5.74) is -0.512. The van der Waals surface area contributed by atoms with Crippen LogP contribution in [0.4, 0.5) is 13.2 Å². The average Bonchev–Trinajstić information content (AvgIpc) is 2.56. The molecular formula is C18H12F3NO2. The molecule has 0 saturated heterocycles. The van der Waals surface area contributed by atoms with Crippen LogP contribution in [0.5, 0.6) is 0 Å². The molecule has 0 saturated carbocycles. The number of ketones is 2. The van der Waals surface area contributed by atoms with Crippen LogP contribution in [0.3, 0.4) is 0 Å². The molecule has 0 fully saturated rings. The van der Waals surface area contributed by atoms with Gasteiger partial charge < -0.3 is 0 Å². The molecule has 1 aromatic carbocycles. The number of fused-ring (bicyclic) bond motifs is 1. The molecule has 122 valence electrons. The van der Waals surface area contributed by atoms with Crippen LogP contribution in [0.25, 0.3) is 0 Å². The van der Waals surface area contributed by atoms with E-state index in [4.69, 9.17) is 0 Å². The highest BCUT2D eigenvalue weighted by atomic mass is 19.1. The summed E-state index contributed by atoms with van der Waals surface area (Å²) in [4.78, 5) is 29.0. The highest BCUT2D eigenvalue weighted by molar-refractivity contribution is 6.27. The highest BCUT2D eigenvalue weighted by Crippen LogP contribution is 2.32. The summed E-state index contributed by atoms with van der Waals surface area (Å²) in [6.45, 7) is 1.65. The summed E-state index contributed by atoms with van der Waals surface area (Å²) in [7, 11) is 0. The van der Waals surface area contributed by atoms with Crippen LogP contribution in [0, 0.1) is 17.5 Å². The Morgan fingerprint density at radius 1 is 0.875 bits per heavy atom. The van der Waals surface area contributed by atoms with E-state index in [0.29, 0.717) is 5.69 Å². The van der Waals surface area contributed by atoms with Gasteiger partial charge in [0.25, 0.3) is 0 Å². The number of halogens is 3. The highest BCUT2D eigenvalue weighted by Gasteiger charge is 2.35. The molecule has 0 spiro atoms. The maximum atomic E-state index is 14.0. The van der Waals surface area contributed by atoms with Gasteiger partial charge in [-0.15, -0.1) is 0 Å². The first-order valence-electron chi connectivity index (χ1n) is 7.33. The van der Waals surface area contributed by atoms with Crippen molar-refractivity contribution in [1.82, 2.24) is 4.98 Å². The summed E-state index contributed by atoms with van der Waals surface area (Å²) < 4.78 is 41.0. The molecule has 1 aromatic heterocycles. The molecule has 0 bridgehead atoms. The third-order valence-corrected chi connectivity index (χ3v) is 3.97. The van der Waals surface area contributed by atoms with Crippen LogP contribution in [0.15, 0.2) is 41.6 Å². The molecule has 1 aliphatic rings. The van der Waals surface area contributed by atoms with Crippen molar-refractivity contribution in [2.45, 2.75) is 19.8 Å². The van der Waals surface area contributed by atoms with Crippen molar-refractivity contribution in [2.24, 2.45) is 0 Å². The molecule has 0 atom stereocenters. The van der Waals surface area contributed by atoms with Gasteiger partial charge in [-0.2, -0.15) is 0 Å². The standard InChI is InChI=1S/C18H12F3NO2/c1-2-11-12(7-10-4-3-9(19)8-22-10)18(24)16-14(21)6-5-13(20)15(16)17(11)23/h3-6,8H,2,7H2,1H3. The first-order valence-corrected chi connectivity index (χ1v) is 7.33. The van der Waals surface area contributed by atoms with Crippen LogP contribution >= 0.6 is 0 Å². The minimum absolute atomic E-state index is 0.0522. The van der Waals surface area contributed by atoms with Crippen molar-refractivity contribution in [1.29, 1.82) is 0 Å². The second-order valence-electron chi connectivity index (χ2n) is 5.39. The third-order valence-electron chi connectivity index (χ3n) is 3.97. The molecule has 0 amide bonds. The number of rotatable bonds is 3. The van der Waals surface area contributed by atoms with Gasteiger partial charge in [-0.1, -0.05) is 6.92 Å². The van der Waals surface area contributed by atoms with Crippen molar-refractivity contribution in [2.75, 3.05) is 0 Å². The van der Waals surface area contributed by atoms with Crippen molar-refractivity contribution in [3.8, 4) is 0 Å². The summed E-state index contributed by atoms with van der Waals surface area (Å²) in [6.07, 6.45) is 1.13. The van der Waals surface area contributed by atoms with Crippen molar-refractivity contribution in [3.05, 3.63) is 75.9 Å². The summed E-state index contributed by atoms with van der Waals surface area (Å²) in [5.74, 6) is -3.82. The number of hydrogen-bond acceptors (Lipinski definition) is 3. The number of aromatic nitrogens is 1. The maximum Gasteiger partial charge on any atom is 0.193 e. The molecule has 2 aromatic rings. The lowest BCUT2D eigenvalue weighted by Crippen LogP contribution is -2.26. The van der Waals surface area contributed by atoms with Gasteiger partial charge in [0.2, 0.25) is 0 Å². The molecule has 3 nitrogen and oxygen atoms in total. The van der Waals surface area contributed by atoms with E-state index >= 15 is 0 Å². The first kappa shape index (κ1) is 16.1. The molecule has 0 N–H and O–H groups in total. The molecule has 1 heterocycles. The second kappa shape index (κ2) is 6.03. The van der Waals surface area contributed by atoms with Crippen LogP contribution in [0.2, 0.25) is 0 Å². The van der Waals surface area contributed by atoms with Gasteiger partial charge >= 0.3 is 0 Å². The van der Waals surface area contributed by atoms with Gasteiger partial charge in [0.1, 0.15) is 17.5 Å². The largest absolute Gasteiger partial charge is 0.289 e. The van der Waals surface area contributed by atoms with E-state index in [1.165, 1.54) is 12.1 Å². The van der Waals surface area contributed by atoms with E-state index in [-0.39, 0.29) is 24.0 Å². The molecule has 0 aliphatic heterocycles. The topological polar surface area (TPSA) is 47.0 Å². The minimum atomic E-state index is -0.940. The van der Waals surface area contributed by atoms with E-state index in [1.54, 1.807) is 6.92 Å². The number of benzene rings is 1. The van der Waals surface area contributed by atoms with Gasteiger partial charge in [0, 0.05) is 23.3 Å². The Balaban J connectivity index is 2.14. The third kappa shape index (κ3) is 2.54. The molecular weight excluding hydrogens is 319 g/mol. The number of nitrogens with zero attached hydrogens (tertiary/aromatic N) is 1. The average molecular weight is 331 g/mol. The van der Waals surface area contributed by atoms with Crippen molar-refractivity contribution < 1.29 is 22.8 Å². The van der Waals surface area contributed by atoms with Crippen LogP contribution < -0.4 is 0 Å². The summed E-state index contributed by atoms with van der Waals surface area (Å²) in [5, 5.41) is 0. The van der Waals surface area contributed by atoms with Gasteiger partial charge in [0.05, 0.1) is 17.3 Å². The molecule has 6 heteroatoms. The lowest BCUT2D eigenvalue weighted by molar-refractivity contribution is 0.0963. The predicted octanol–water partition coefficient (Wildman–Crippen LogP) is 3.83. The SMILES string of the molecule is CCC1=C(Cc2ccc(F)cn2)C(=O)c2c(F)ccc(F)c2C1=O. The first-order chi connectivity index (χ1) is 11.4. The zero-order valence-corrected chi connectivity index (χ0v) is 12.7. The predicted molar refractivity (Wildman–Crippen MR) is 80.2 cm³/mol. The van der Waals surface area contributed by atoms with Crippen LogP contribution in [-0.4, -0.2) is 16.6 Å². The van der Waals surface area contributed by atoms with E-state index in [1.807, 2.05) is 0 Å². The molecule has 24 heavy (non-hydrogen) atoms. The quantitative estimate of drug-likeness (QED) is 0.859. The number of allylic oxidation sites excluding steroid dienone is 2. The van der Waals surface area contributed by atoms with Crippen LogP contribution in [0.1, 0.15) is 39.8 Å². The zero-order valence-electron chi connectivity index (χ0n) is 12.7. The fraction of sp³-hybridized carbons (Fsp3) is 0.167. The Morgan fingerprint density at radius 3 is 1.96 bits per heavy atom. The Morgan fingerprint density at radius 2 is 1.46 bits per heavy atom. The van der Waals surface area contributed by atoms with Crippen LogP contribution in [-0.2, 0) is 6.42 Å². The van der Waals surface area contributed by atoms with E-state index < -0.39 is 40.1 Å². The number of pyridine rings is 1. The van der Waals surface area contributed by atoms with E-state index in [0.717, 1.165) is 18.3 Å². The molecule has 3 rings (SSSR count). The van der Waals surface area contributed by atoms with Gasteiger partial charge in [0.15, 0.2) is 11.6 Å². The monoisotopic (exact) mass is 331 g/mol. The van der Waals surface area contributed by atoms with Gasteiger partial charge in [-0.05, 0) is 30.7 Å². The van der Waals surface area contributed by atoms with Gasteiger partial charge in [-0.3, -0.25) is 14.6 Å². The lowest BCUT2D eigenvalue weighted by Gasteiger charge is -2.21. The number of carbonyl (C=O) groups excluding carboxylic acids is 2. The Labute approximate surface area is 135 Å².